The number of carbonyl (C=O) groups excluding carboxylic acids is 2. The van der Waals surface area contributed by atoms with Crippen LogP contribution in [0.5, 0.6) is 0 Å². The molecule has 2 amide bonds. The zero-order chi connectivity index (χ0) is 32.0. The maximum Gasteiger partial charge on any atom is 0.405 e. The fraction of sp³-hybridized carbons (Fsp3) is 0.267. The van der Waals surface area contributed by atoms with Crippen LogP contribution in [-0.2, 0) is 16.6 Å². The first-order valence-electron chi connectivity index (χ1n) is 13.4. The molecule has 0 atom stereocenters. The van der Waals surface area contributed by atoms with E-state index in [0.29, 0.717) is 23.6 Å². The smallest absolute Gasteiger partial charge is 0.345 e. The summed E-state index contributed by atoms with van der Waals surface area (Å²) in [6, 6.07) is 8.84. The van der Waals surface area contributed by atoms with Gasteiger partial charge in [0.1, 0.15) is 18.9 Å². The molecule has 0 saturated carbocycles. The number of hydrogen-bond acceptors (Lipinski definition) is 8. The third-order valence-corrected chi connectivity index (χ3v) is 6.91. The van der Waals surface area contributed by atoms with Crippen molar-refractivity contribution in [2.45, 2.75) is 19.5 Å². The van der Waals surface area contributed by atoms with Gasteiger partial charge in [-0.25, -0.2) is 4.98 Å². The minimum atomic E-state index is -4.55. The van der Waals surface area contributed by atoms with Crippen LogP contribution in [0.25, 0.3) is 22.0 Å². The minimum absolute atomic E-state index is 0.356. The number of rotatable bonds is 8. The number of allylic oxidation sites excluding steroid dienone is 1. The molecule has 3 aromatic heterocycles. The maximum atomic E-state index is 12.5. The van der Waals surface area contributed by atoms with Crippen molar-refractivity contribution in [3.05, 3.63) is 73.0 Å². The Hall–Kier alpha value is -5.27. The second-order valence-electron chi connectivity index (χ2n) is 10.0. The predicted molar refractivity (Wildman–Crippen MR) is 163 cm³/mol. The average Bonchev–Trinajstić information content (AvgIpc) is 3.57. The van der Waals surface area contributed by atoms with E-state index < -0.39 is 25.2 Å². The van der Waals surface area contributed by atoms with Crippen LogP contribution in [0, 0.1) is 6.92 Å². The SMILES string of the molecule is C=C1CC=NN1C.Cc1cccc(N(C=O)CC(=O)NCC(F)(F)F)c1N(C)c1ccc(-c2cncc3c2cnn3C)cn1. The average molecular weight is 608 g/mol. The van der Waals surface area contributed by atoms with E-state index in [1.54, 1.807) is 63.9 Å². The molecule has 1 aromatic carbocycles. The summed E-state index contributed by atoms with van der Waals surface area (Å²) >= 11 is 0. The Kier molecular flexibility index (Phi) is 9.61. The molecule has 0 unspecified atom stereocenters. The third kappa shape index (κ3) is 7.38. The highest BCUT2D eigenvalue weighted by molar-refractivity contribution is 5.95. The first-order valence-corrected chi connectivity index (χ1v) is 13.4. The van der Waals surface area contributed by atoms with Gasteiger partial charge in [-0.15, -0.1) is 0 Å². The molecular weight excluding hydrogens is 575 g/mol. The Bertz CT molecular complexity index is 1680. The Balaban J connectivity index is 0.000000555. The van der Waals surface area contributed by atoms with Gasteiger partial charge in [0.2, 0.25) is 12.3 Å². The predicted octanol–water partition coefficient (Wildman–Crippen LogP) is 4.57. The van der Waals surface area contributed by atoms with Gasteiger partial charge in [-0.05, 0) is 30.7 Å². The molecule has 0 bridgehead atoms. The molecule has 0 spiro atoms. The van der Waals surface area contributed by atoms with Crippen LogP contribution in [0.4, 0.5) is 30.4 Å². The summed E-state index contributed by atoms with van der Waals surface area (Å²) in [4.78, 5) is 35.6. The Morgan fingerprint density at radius 2 is 1.91 bits per heavy atom. The van der Waals surface area contributed by atoms with E-state index >= 15 is 0 Å². The summed E-state index contributed by atoms with van der Waals surface area (Å²) in [5, 5.41) is 12.7. The maximum absolute atomic E-state index is 12.5. The van der Waals surface area contributed by atoms with Crippen molar-refractivity contribution in [3.63, 3.8) is 0 Å². The molecule has 14 heteroatoms. The highest BCUT2D eigenvalue weighted by atomic mass is 19.4. The molecule has 1 aliphatic rings. The largest absolute Gasteiger partial charge is 0.405 e. The van der Waals surface area contributed by atoms with Gasteiger partial charge in [-0.1, -0.05) is 18.7 Å². The van der Waals surface area contributed by atoms with Crippen molar-refractivity contribution in [2.24, 2.45) is 12.1 Å². The van der Waals surface area contributed by atoms with Crippen LogP contribution in [0.3, 0.4) is 0 Å². The molecule has 0 radical (unpaired) electrons. The zero-order valence-corrected chi connectivity index (χ0v) is 24.7. The number of aromatic nitrogens is 4. The van der Waals surface area contributed by atoms with Crippen LogP contribution in [0.1, 0.15) is 12.0 Å². The van der Waals surface area contributed by atoms with Gasteiger partial charge < -0.3 is 15.1 Å². The number of hydrazone groups is 1. The number of hydrogen-bond donors (Lipinski definition) is 1. The van der Waals surface area contributed by atoms with Crippen LogP contribution in [0.2, 0.25) is 0 Å². The molecule has 1 N–H and O–H groups in total. The van der Waals surface area contributed by atoms with Crippen LogP contribution < -0.4 is 15.1 Å². The van der Waals surface area contributed by atoms with Gasteiger partial charge in [0.15, 0.2) is 0 Å². The molecular formula is C30H32F3N9O2. The number of anilines is 3. The molecule has 0 aliphatic carbocycles. The van der Waals surface area contributed by atoms with E-state index in [-0.39, 0.29) is 0 Å². The standard InChI is InChI=1S/C25H24F3N7O2.C5H8N2/c1-16-5-4-6-20(35(15-36)13-23(37)31-14-25(26,27)28)24(16)33(2)22-8-7-17(9-30-22)18-10-29-12-21-19(18)11-32-34(21)3;1-5-3-4-6-7(5)2/h4-12,15H,13-14H2,1-3H3,(H,31,37);4H,1,3H2,2H3. The second kappa shape index (κ2) is 13.4. The number of aryl methyl sites for hydroxylation is 2. The van der Waals surface area contributed by atoms with Crippen molar-refractivity contribution in [3.8, 4) is 11.1 Å². The van der Waals surface area contributed by atoms with Gasteiger partial charge in [0, 0.05) is 68.4 Å². The topological polar surface area (TPSA) is 112 Å². The summed E-state index contributed by atoms with van der Waals surface area (Å²) in [5.41, 5.74) is 5.38. The fourth-order valence-corrected chi connectivity index (χ4v) is 4.53. The van der Waals surface area contributed by atoms with Crippen LogP contribution in [-0.4, -0.2) is 76.7 Å². The van der Waals surface area contributed by atoms with Crippen molar-refractivity contribution < 1.29 is 22.8 Å². The molecule has 0 fully saturated rings. The number of alkyl halides is 3. The highest BCUT2D eigenvalue weighted by Crippen LogP contribution is 2.36. The van der Waals surface area contributed by atoms with Crippen molar-refractivity contribution in [1.82, 2.24) is 30.1 Å². The number of halogens is 3. The van der Waals surface area contributed by atoms with E-state index in [1.807, 2.05) is 45.4 Å². The first kappa shape index (κ1) is 31.7. The van der Waals surface area contributed by atoms with Gasteiger partial charge in [0.05, 0.1) is 29.3 Å². The van der Waals surface area contributed by atoms with E-state index in [2.05, 4.69) is 26.7 Å². The lowest BCUT2D eigenvalue weighted by Crippen LogP contribution is -2.41. The fourth-order valence-electron chi connectivity index (χ4n) is 4.53. The monoisotopic (exact) mass is 607 g/mol. The van der Waals surface area contributed by atoms with Crippen molar-refractivity contribution in [1.29, 1.82) is 0 Å². The number of fused-ring (bicyclic) bond motifs is 1. The third-order valence-electron chi connectivity index (χ3n) is 6.91. The van der Waals surface area contributed by atoms with E-state index in [9.17, 15) is 22.8 Å². The minimum Gasteiger partial charge on any atom is -0.345 e. The number of pyridine rings is 2. The van der Waals surface area contributed by atoms with Gasteiger partial charge >= 0.3 is 6.18 Å². The molecule has 0 saturated heterocycles. The first-order chi connectivity index (χ1) is 20.9. The molecule has 4 aromatic rings. The Morgan fingerprint density at radius 3 is 2.50 bits per heavy atom. The lowest BCUT2D eigenvalue weighted by molar-refractivity contribution is -0.137. The molecule has 11 nitrogen and oxygen atoms in total. The summed E-state index contributed by atoms with van der Waals surface area (Å²) in [5.74, 6) is -0.377. The van der Waals surface area contributed by atoms with E-state index in [0.717, 1.165) is 44.6 Å². The number of benzene rings is 1. The Morgan fingerprint density at radius 1 is 1.14 bits per heavy atom. The number of para-hydroxylation sites is 1. The quantitative estimate of drug-likeness (QED) is 0.292. The summed E-state index contributed by atoms with van der Waals surface area (Å²) in [6.45, 7) is 3.52. The molecule has 4 heterocycles. The summed E-state index contributed by atoms with van der Waals surface area (Å²) in [6.07, 6.45) is 5.59. The van der Waals surface area contributed by atoms with Crippen LogP contribution in [0.15, 0.2) is 72.5 Å². The Labute approximate surface area is 252 Å². The normalized spacial score (nSPS) is 12.6. The van der Waals surface area contributed by atoms with E-state index in [1.165, 1.54) is 0 Å². The number of nitrogens with zero attached hydrogens (tertiary/aromatic N) is 8. The van der Waals surface area contributed by atoms with Crippen molar-refractivity contribution >= 4 is 46.6 Å². The second-order valence-corrected chi connectivity index (χ2v) is 10.0. The number of nitrogens with one attached hydrogen (secondary N) is 1. The lowest BCUT2D eigenvalue weighted by Gasteiger charge is -2.28. The summed E-state index contributed by atoms with van der Waals surface area (Å²) < 4.78 is 39.1. The molecule has 44 heavy (non-hydrogen) atoms. The van der Waals surface area contributed by atoms with Crippen LogP contribution >= 0.6 is 0 Å². The highest BCUT2D eigenvalue weighted by Gasteiger charge is 2.28. The molecule has 5 rings (SSSR count). The zero-order valence-electron chi connectivity index (χ0n) is 24.7. The molecule has 1 aliphatic heterocycles. The van der Waals surface area contributed by atoms with Gasteiger partial charge in [-0.2, -0.15) is 23.4 Å². The van der Waals surface area contributed by atoms with Gasteiger partial charge in [-0.3, -0.25) is 24.3 Å². The lowest BCUT2D eigenvalue weighted by atomic mass is 10.1. The number of amides is 2. The van der Waals surface area contributed by atoms with Crippen molar-refractivity contribution in [2.75, 3.05) is 37.0 Å². The van der Waals surface area contributed by atoms with E-state index in [4.69, 9.17) is 0 Å². The number of carbonyl (C=O) groups is 2. The summed E-state index contributed by atoms with van der Waals surface area (Å²) in [7, 11) is 5.49. The molecule has 230 valence electrons. The van der Waals surface area contributed by atoms with Gasteiger partial charge in [0.25, 0.3) is 0 Å².